The minimum Gasteiger partial charge on any atom is -0.383 e. The van der Waals surface area contributed by atoms with E-state index >= 15 is 0 Å². The zero-order valence-corrected chi connectivity index (χ0v) is 12.3. The Morgan fingerprint density at radius 1 is 1.60 bits per heavy atom. The Morgan fingerprint density at radius 2 is 2.35 bits per heavy atom. The van der Waals surface area contributed by atoms with Crippen LogP contribution in [-0.4, -0.2) is 21.5 Å². The van der Waals surface area contributed by atoms with Gasteiger partial charge in [0, 0.05) is 0 Å². The summed E-state index contributed by atoms with van der Waals surface area (Å²) in [6, 6.07) is 2.25. The highest BCUT2D eigenvalue weighted by Crippen LogP contribution is 2.53. The highest BCUT2D eigenvalue weighted by Gasteiger charge is 2.53. The van der Waals surface area contributed by atoms with Crippen LogP contribution in [0.25, 0.3) is 0 Å². The fraction of sp³-hybridized carbons (Fsp3) is 0.733. The van der Waals surface area contributed by atoms with Crippen molar-refractivity contribution in [2.45, 2.75) is 57.8 Å². The first-order valence-corrected chi connectivity index (χ1v) is 7.37. The molecule has 20 heavy (non-hydrogen) atoms. The average Bonchev–Trinajstić information content (AvgIpc) is 3.00. The van der Waals surface area contributed by atoms with Gasteiger partial charge >= 0.3 is 0 Å². The Kier molecular flexibility index (Phi) is 3.02. The predicted octanol–water partition coefficient (Wildman–Crippen LogP) is 2.49. The molecule has 2 heterocycles. The summed E-state index contributed by atoms with van der Waals surface area (Å²) < 4.78 is 8.08. The van der Waals surface area contributed by atoms with Crippen molar-refractivity contribution in [1.29, 1.82) is 5.26 Å². The maximum absolute atomic E-state index is 9.03. The molecule has 2 N–H and O–H groups in total. The van der Waals surface area contributed by atoms with Crippen LogP contribution in [0.1, 0.15) is 51.6 Å². The van der Waals surface area contributed by atoms with Crippen LogP contribution in [0.5, 0.6) is 0 Å². The summed E-state index contributed by atoms with van der Waals surface area (Å²) >= 11 is 0. The first-order valence-electron chi connectivity index (χ1n) is 7.37. The summed E-state index contributed by atoms with van der Waals surface area (Å²) in [7, 11) is 0. The van der Waals surface area contributed by atoms with E-state index in [0.717, 1.165) is 19.3 Å². The van der Waals surface area contributed by atoms with Crippen LogP contribution >= 0.6 is 0 Å². The standard InChI is InChI=1S/C15H22N4O/c1-4-9-5-12(13-11(9)6-15(2,3)20-13)19-14(17)10(7-16)8-18-19/h8-9,11-13H,4-6,17H2,1-3H3. The van der Waals surface area contributed by atoms with Crippen LogP contribution in [0, 0.1) is 23.2 Å². The topological polar surface area (TPSA) is 76.9 Å². The van der Waals surface area contributed by atoms with Gasteiger partial charge in [0.05, 0.1) is 23.9 Å². The van der Waals surface area contributed by atoms with Crippen molar-refractivity contribution in [2.24, 2.45) is 11.8 Å². The zero-order chi connectivity index (χ0) is 14.5. The number of aromatic nitrogens is 2. The van der Waals surface area contributed by atoms with E-state index in [4.69, 9.17) is 15.7 Å². The number of nitrogens with two attached hydrogens (primary N) is 1. The lowest BCUT2D eigenvalue weighted by Crippen LogP contribution is -2.27. The molecule has 0 spiro atoms. The lowest BCUT2D eigenvalue weighted by molar-refractivity contribution is -0.0366. The van der Waals surface area contributed by atoms with Crippen molar-refractivity contribution in [3.8, 4) is 6.07 Å². The third-order valence-electron chi connectivity index (χ3n) is 4.93. The lowest BCUT2D eigenvalue weighted by atomic mass is 9.87. The van der Waals surface area contributed by atoms with E-state index in [1.165, 1.54) is 0 Å². The van der Waals surface area contributed by atoms with Crippen LogP contribution < -0.4 is 5.73 Å². The number of anilines is 1. The summed E-state index contributed by atoms with van der Waals surface area (Å²) in [6.45, 7) is 6.55. The molecule has 0 aromatic carbocycles. The molecule has 4 atom stereocenters. The lowest BCUT2D eigenvalue weighted by Gasteiger charge is -2.24. The third kappa shape index (κ3) is 1.90. The third-order valence-corrected chi connectivity index (χ3v) is 4.93. The predicted molar refractivity (Wildman–Crippen MR) is 75.8 cm³/mol. The highest BCUT2D eigenvalue weighted by atomic mass is 16.5. The number of nitriles is 1. The van der Waals surface area contributed by atoms with E-state index in [0.29, 0.717) is 23.2 Å². The quantitative estimate of drug-likeness (QED) is 0.898. The average molecular weight is 274 g/mol. The summed E-state index contributed by atoms with van der Waals surface area (Å²) in [6.07, 6.45) is 5.02. The van der Waals surface area contributed by atoms with E-state index in [-0.39, 0.29) is 17.7 Å². The minimum absolute atomic E-state index is 0.0681. The molecule has 5 heteroatoms. The van der Waals surface area contributed by atoms with E-state index < -0.39 is 0 Å². The van der Waals surface area contributed by atoms with Crippen molar-refractivity contribution in [2.75, 3.05) is 5.73 Å². The van der Waals surface area contributed by atoms with Crippen LogP contribution in [-0.2, 0) is 4.74 Å². The van der Waals surface area contributed by atoms with Crippen molar-refractivity contribution in [3.05, 3.63) is 11.8 Å². The zero-order valence-electron chi connectivity index (χ0n) is 12.3. The van der Waals surface area contributed by atoms with Gasteiger partial charge in [0.25, 0.3) is 0 Å². The maximum atomic E-state index is 9.03. The van der Waals surface area contributed by atoms with Gasteiger partial charge in [-0.15, -0.1) is 0 Å². The SMILES string of the molecule is CCC1CC(n2ncc(C#N)c2N)C2OC(C)(C)CC12. The molecule has 5 nitrogen and oxygen atoms in total. The molecule has 1 saturated heterocycles. The number of ether oxygens (including phenoxy) is 1. The molecule has 2 fully saturated rings. The number of nitrogens with zero attached hydrogens (tertiary/aromatic N) is 3. The van der Waals surface area contributed by atoms with Gasteiger partial charge in [-0.3, -0.25) is 0 Å². The smallest absolute Gasteiger partial charge is 0.140 e. The van der Waals surface area contributed by atoms with Gasteiger partial charge in [0.1, 0.15) is 17.5 Å². The molecule has 3 rings (SSSR count). The van der Waals surface area contributed by atoms with E-state index in [2.05, 4.69) is 31.9 Å². The van der Waals surface area contributed by atoms with Gasteiger partial charge in [-0.05, 0) is 38.5 Å². The Morgan fingerprint density at radius 3 is 2.95 bits per heavy atom. The summed E-state index contributed by atoms with van der Waals surface area (Å²) in [5, 5.41) is 13.4. The number of nitrogen functional groups attached to an aromatic ring is 1. The van der Waals surface area contributed by atoms with E-state index in [1.807, 2.05) is 4.68 Å². The first-order chi connectivity index (χ1) is 9.46. The number of rotatable bonds is 2. The molecule has 1 aliphatic heterocycles. The van der Waals surface area contributed by atoms with Crippen molar-refractivity contribution >= 4 is 5.82 Å². The molecule has 2 aliphatic rings. The largest absolute Gasteiger partial charge is 0.383 e. The molecule has 0 radical (unpaired) electrons. The summed E-state index contributed by atoms with van der Waals surface area (Å²) in [4.78, 5) is 0. The van der Waals surface area contributed by atoms with Crippen LogP contribution in [0.4, 0.5) is 5.82 Å². The number of hydrogen-bond donors (Lipinski definition) is 1. The minimum atomic E-state index is -0.0681. The van der Waals surface area contributed by atoms with Crippen molar-refractivity contribution in [3.63, 3.8) is 0 Å². The molecule has 1 aromatic rings. The summed E-state index contributed by atoms with van der Waals surface area (Å²) in [5.74, 6) is 1.70. The number of hydrogen-bond acceptors (Lipinski definition) is 4. The van der Waals surface area contributed by atoms with Crippen molar-refractivity contribution < 1.29 is 4.74 Å². The first kappa shape index (κ1) is 13.4. The second kappa shape index (κ2) is 4.49. The number of fused-ring (bicyclic) bond motifs is 1. The molecule has 1 saturated carbocycles. The molecule has 0 bridgehead atoms. The monoisotopic (exact) mass is 274 g/mol. The van der Waals surface area contributed by atoms with Gasteiger partial charge in [0.15, 0.2) is 0 Å². The summed E-state index contributed by atoms with van der Waals surface area (Å²) in [5.41, 5.74) is 6.44. The van der Waals surface area contributed by atoms with Gasteiger partial charge in [-0.1, -0.05) is 13.3 Å². The molecule has 4 unspecified atom stereocenters. The maximum Gasteiger partial charge on any atom is 0.140 e. The Balaban J connectivity index is 1.94. The van der Waals surface area contributed by atoms with Gasteiger partial charge in [-0.2, -0.15) is 10.4 Å². The second-order valence-corrected chi connectivity index (χ2v) is 6.68. The molecule has 0 amide bonds. The fourth-order valence-corrected chi connectivity index (χ4v) is 4.04. The second-order valence-electron chi connectivity index (χ2n) is 6.68. The molecule has 1 aliphatic carbocycles. The Labute approximate surface area is 119 Å². The normalized spacial score (nSPS) is 34.9. The van der Waals surface area contributed by atoms with E-state index in [1.54, 1.807) is 6.20 Å². The highest BCUT2D eigenvalue weighted by molar-refractivity contribution is 5.47. The van der Waals surface area contributed by atoms with Gasteiger partial charge in [-0.25, -0.2) is 4.68 Å². The molecular weight excluding hydrogens is 252 g/mol. The molecule has 108 valence electrons. The van der Waals surface area contributed by atoms with E-state index in [9.17, 15) is 0 Å². The van der Waals surface area contributed by atoms with Crippen molar-refractivity contribution in [1.82, 2.24) is 9.78 Å². The van der Waals surface area contributed by atoms with Gasteiger partial charge < -0.3 is 10.5 Å². The Bertz CT molecular complexity index is 557. The molecule has 1 aromatic heterocycles. The van der Waals surface area contributed by atoms with Crippen LogP contribution in [0.15, 0.2) is 6.20 Å². The van der Waals surface area contributed by atoms with Gasteiger partial charge in [0.2, 0.25) is 0 Å². The van der Waals surface area contributed by atoms with Crippen LogP contribution in [0.2, 0.25) is 0 Å². The Hall–Kier alpha value is -1.54. The molecular formula is C15H22N4O. The van der Waals surface area contributed by atoms with Crippen LogP contribution in [0.3, 0.4) is 0 Å². The fourth-order valence-electron chi connectivity index (χ4n) is 4.04.